The number of hydrazone groups is 1. The van der Waals surface area contributed by atoms with Crippen LogP contribution in [0.3, 0.4) is 0 Å². The van der Waals surface area contributed by atoms with Crippen molar-refractivity contribution in [3.05, 3.63) is 63.6 Å². The van der Waals surface area contributed by atoms with Gasteiger partial charge in [0.1, 0.15) is 6.54 Å². The number of nitrogens with zero attached hydrogens (tertiary/aromatic N) is 2. The van der Waals surface area contributed by atoms with Gasteiger partial charge in [0.15, 0.2) is 0 Å². The fourth-order valence-electron chi connectivity index (χ4n) is 2.18. The molecule has 0 spiro atoms. The van der Waals surface area contributed by atoms with E-state index in [2.05, 4.69) is 10.5 Å². The second-order valence-corrected chi connectivity index (χ2v) is 8.51. The van der Waals surface area contributed by atoms with Crippen LogP contribution in [0.1, 0.15) is 11.1 Å². The summed E-state index contributed by atoms with van der Waals surface area (Å²) in [7, 11) is -3.85. The van der Waals surface area contributed by atoms with Crippen LogP contribution in [-0.4, -0.2) is 33.3 Å². The minimum atomic E-state index is -4.51. The molecule has 0 saturated carbocycles. The summed E-state index contributed by atoms with van der Waals surface area (Å²) in [5.41, 5.74) is 1.42. The summed E-state index contributed by atoms with van der Waals surface area (Å²) in [6, 6.07) is 8.34. The lowest BCUT2D eigenvalue weighted by molar-refractivity contribution is -0.137. The number of amides is 1. The van der Waals surface area contributed by atoms with E-state index in [1.165, 1.54) is 30.3 Å². The SMILES string of the molecule is CS(=O)(=O)N(CC(=O)N/N=C\c1cccc(C(F)(F)F)c1)c1ccc(Cl)c(Cl)c1. The molecule has 29 heavy (non-hydrogen) atoms. The van der Waals surface area contributed by atoms with Gasteiger partial charge >= 0.3 is 6.18 Å². The minimum absolute atomic E-state index is 0.0980. The van der Waals surface area contributed by atoms with Gasteiger partial charge in [-0.1, -0.05) is 35.3 Å². The molecule has 6 nitrogen and oxygen atoms in total. The lowest BCUT2D eigenvalue weighted by atomic mass is 10.1. The summed E-state index contributed by atoms with van der Waals surface area (Å²) in [6.07, 6.45) is -2.60. The van der Waals surface area contributed by atoms with E-state index in [9.17, 15) is 26.4 Å². The Balaban J connectivity index is 2.11. The Labute approximate surface area is 175 Å². The van der Waals surface area contributed by atoms with Gasteiger partial charge in [-0.3, -0.25) is 9.10 Å². The molecule has 2 aromatic rings. The molecule has 0 bridgehead atoms. The number of carbonyl (C=O) groups is 1. The Morgan fingerprint density at radius 1 is 1.17 bits per heavy atom. The van der Waals surface area contributed by atoms with Crippen molar-refractivity contribution in [3.8, 4) is 0 Å². The van der Waals surface area contributed by atoms with E-state index in [0.29, 0.717) is 0 Å². The predicted octanol–water partition coefficient (Wildman–Crippen LogP) is 3.93. The quantitative estimate of drug-likeness (QED) is 0.516. The van der Waals surface area contributed by atoms with Gasteiger partial charge in [0.25, 0.3) is 5.91 Å². The van der Waals surface area contributed by atoms with E-state index in [0.717, 1.165) is 28.9 Å². The number of sulfonamides is 1. The van der Waals surface area contributed by atoms with Gasteiger partial charge in [0.2, 0.25) is 10.0 Å². The summed E-state index contributed by atoms with van der Waals surface area (Å²) >= 11 is 11.7. The zero-order valence-corrected chi connectivity index (χ0v) is 17.1. The van der Waals surface area contributed by atoms with E-state index < -0.39 is 34.2 Å². The first-order valence-corrected chi connectivity index (χ1v) is 10.4. The molecule has 0 fully saturated rings. The Kier molecular flexibility index (Phi) is 7.15. The lowest BCUT2D eigenvalue weighted by Crippen LogP contribution is -2.39. The van der Waals surface area contributed by atoms with Crippen LogP contribution < -0.4 is 9.73 Å². The number of hydrogen-bond acceptors (Lipinski definition) is 4. The summed E-state index contributed by atoms with van der Waals surface area (Å²) < 4.78 is 62.9. The molecule has 0 heterocycles. The Morgan fingerprint density at radius 2 is 1.86 bits per heavy atom. The molecule has 0 aliphatic rings. The second kappa shape index (κ2) is 9.02. The second-order valence-electron chi connectivity index (χ2n) is 5.78. The first-order valence-electron chi connectivity index (χ1n) is 7.80. The third-order valence-corrected chi connectivity index (χ3v) is 5.38. The van der Waals surface area contributed by atoms with Gasteiger partial charge in [0, 0.05) is 0 Å². The van der Waals surface area contributed by atoms with Crippen LogP contribution >= 0.6 is 23.2 Å². The largest absolute Gasteiger partial charge is 0.416 e. The topological polar surface area (TPSA) is 78.8 Å². The Hall–Kier alpha value is -2.30. The van der Waals surface area contributed by atoms with Crippen molar-refractivity contribution in [1.82, 2.24) is 5.43 Å². The number of nitrogens with one attached hydrogen (secondary N) is 1. The van der Waals surface area contributed by atoms with Crippen molar-refractivity contribution >= 4 is 51.0 Å². The molecule has 0 atom stereocenters. The molecular formula is C17H14Cl2F3N3O3S. The summed E-state index contributed by atoms with van der Waals surface area (Å²) in [4.78, 5) is 12.1. The van der Waals surface area contributed by atoms with Crippen LogP contribution in [0.5, 0.6) is 0 Å². The van der Waals surface area contributed by atoms with Crippen molar-refractivity contribution in [2.24, 2.45) is 5.10 Å². The predicted molar refractivity (Wildman–Crippen MR) is 106 cm³/mol. The van der Waals surface area contributed by atoms with Crippen LogP contribution in [0.2, 0.25) is 10.0 Å². The van der Waals surface area contributed by atoms with Gasteiger partial charge in [-0.25, -0.2) is 13.8 Å². The molecule has 0 aliphatic carbocycles. The number of halogens is 5. The van der Waals surface area contributed by atoms with Crippen molar-refractivity contribution in [2.75, 3.05) is 17.1 Å². The smallest absolute Gasteiger partial charge is 0.271 e. The molecule has 12 heteroatoms. The van der Waals surface area contributed by atoms with Crippen LogP contribution in [0, 0.1) is 0 Å². The highest BCUT2D eigenvalue weighted by Crippen LogP contribution is 2.29. The number of anilines is 1. The van der Waals surface area contributed by atoms with E-state index in [1.807, 2.05) is 0 Å². The van der Waals surface area contributed by atoms with Gasteiger partial charge in [-0.05, 0) is 35.9 Å². The standard InChI is InChI=1S/C17H14Cl2F3N3O3S/c1-29(27,28)25(13-5-6-14(18)15(19)8-13)10-16(26)24-23-9-11-3-2-4-12(7-11)17(20,21)22/h2-9H,10H2,1H3,(H,24,26)/b23-9-. The van der Waals surface area contributed by atoms with Crippen LogP contribution in [0.15, 0.2) is 47.6 Å². The fourth-order valence-corrected chi connectivity index (χ4v) is 3.32. The summed E-state index contributed by atoms with van der Waals surface area (Å²) in [5, 5.41) is 3.87. The van der Waals surface area contributed by atoms with Crippen molar-refractivity contribution in [3.63, 3.8) is 0 Å². The number of carbonyl (C=O) groups excluding carboxylic acids is 1. The molecule has 1 N–H and O–H groups in total. The highest BCUT2D eigenvalue weighted by Gasteiger charge is 2.30. The van der Waals surface area contributed by atoms with Crippen molar-refractivity contribution in [2.45, 2.75) is 6.18 Å². The monoisotopic (exact) mass is 467 g/mol. The highest BCUT2D eigenvalue weighted by molar-refractivity contribution is 7.92. The number of hydrogen-bond donors (Lipinski definition) is 1. The zero-order valence-electron chi connectivity index (χ0n) is 14.7. The number of alkyl halides is 3. The molecule has 2 aromatic carbocycles. The van der Waals surface area contributed by atoms with Gasteiger partial charge in [0.05, 0.1) is 33.8 Å². The summed E-state index contributed by atoms with van der Waals surface area (Å²) in [5.74, 6) is -0.815. The van der Waals surface area contributed by atoms with Crippen molar-refractivity contribution in [1.29, 1.82) is 0 Å². The average Bonchev–Trinajstić information content (AvgIpc) is 2.61. The molecule has 1 amide bonds. The molecule has 0 saturated heterocycles. The minimum Gasteiger partial charge on any atom is -0.271 e. The van der Waals surface area contributed by atoms with Crippen LogP contribution in [-0.2, 0) is 21.0 Å². The van der Waals surface area contributed by atoms with E-state index >= 15 is 0 Å². The number of rotatable bonds is 6. The maximum atomic E-state index is 12.7. The molecule has 0 unspecified atom stereocenters. The van der Waals surface area contributed by atoms with Crippen LogP contribution in [0.4, 0.5) is 18.9 Å². The molecule has 156 valence electrons. The highest BCUT2D eigenvalue weighted by atomic mass is 35.5. The van der Waals surface area contributed by atoms with Gasteiger partial charge in [-0.2, -0.15) is 18.3 Å². The van der Waals surface area contributed by atoms with Gasteiger partial charge < -0.3 is 0 Å². The van der Waals surface area contributed by atoms with Crippen molar-refractivity contribution < 1.29 is 26.4 Å². The first-order chi connectivity index (χ1) is 13.4. The average molecular weight is 468 g/mol. The third kappa shape index (κ3) is 6.62. The Bertz CT molecular complexity index is 1040. The third-order valence-electron chi connectivity index (χ3n) is 3.50. The molecule has 0 aliphatic heterocycles. The first kappa shape index (κ1) is 23.0. The van der Waals surface area contributed by atoms with E-state index in [4.69, 9.17) is 23.2 Å². The molecular weight excluding hydrogens is 454 g/mol. The lowest BCUT2D eigenvalue weighted by Gasteiger charge is -2.21. The van der Waals surface area contributed by atoms with Gasteiger partial charge in [-0.15, -0.1) is 0 Å². The zero-order chi connectivity index (χ0) is 21.8. The fraction of sp³-hybridized carbons (Fsp3) is 0.176. The normalized spacial score (nSPS) is 12.2. The number of benzene rings is 2. The molecule has 2 rings (SSSR count). The van der Waals surface area contributed by atoms with E-state index in [1.54, 1.807) is 0 Å². The maximum Gasteiger partial charge on any atom is 0.416 e. The molecule has 0 radical (unpaired) electrons. The molecule has 0 aromatic heterocycles. The Morgan fingerprint density at radius 3 is 2.45 bits per heavy atom. The van der Waals surface area contributed by atoms with Crippen LogP contribution in [0.25, 0.3) is 0 Å². The maximum absolute atomic E-state index is 12.7. The summed E-state index contributed by atoms with van der Waals surface area (Å²) in [6.45, 7) is -0.628. The van der Waals surface area contributed by atoms with E-state index in [-0.39, 0.29) is 21.3 Å².